The highest BCUT2D eigenvalue weighted by molar-refractivity contribution is 7.20. The molecule has 1 aliphatic heterocycles. The third-order valence-corrected chi connectivity index (χ3v) is 5.90. The van der Waals surface area contributed by atoms with Gasteiger partial charge in [0, 0.05) is 18.0 Å². The van der Waals surface area contributed by atoms with Crippen LogP contribution in [0.15, 0.2) is 22.9 Å². The van der Waals surface area contributed by atoms with Crippen LogP contribution in [0.2, 0.25) is 0 Å². The quantitative estimate of drug-likeness (QED) is 0.934. The number of carboxylic acids is 1. The van der Waals surface area contributed by atoms with Crippen molar-refractivity contribution in [3.63, 3.8) is 0 Å². The summed E-state index contributed by atoms with van der Waals surface area (Å²) in [6.45, 7) is 2.40. The number of aromatic nitrogens is 1. The van der Waals surface area contributed by atoms with E-state index in [1.807, 2.05) is 24.4 Å². The first-order chi connectivity index (χ1) is 10.6. The van der Waals surface area contributed by atoms with Crippen molar-refractivity contribution in [2.75, 3.05) is 6.54 Å². The van der Waals surface area contributed by atoms with Gasteiger partial charge in [-0.25, -0.2) is 4.98 Å². The van der Waals surface area contributed by atoms with E-state index in [1.54, 1.807) is 21.6 Å². The number of thiazole rings is 1. The minimum atomic E-state index is -0.831. The highest BCUT2D eigenvalue weighted by Crippen LogP contribution is 2.30. The molecule has 1 amide bonds. The van der Waals surface area contributed by atoms with Crippen molar-refractivity contribution in [1.82, 2.24) is 9.88 Å². The van der Waals surface area contributed by atoms with Crippen molar-refractivity contribution < 1.29 is 14.7 Å². The summed E-state index contributed by atoms with van der Waals surface area (Å²) in [7, 11) is 0. The van der Waals surface area contributed by atoms with Crippen LogP contribution in [-0.2, 0) is 4.79 Å². The maximum Gasteiger partial charge on any atom is 0.308 e. The number of hydrogen-bond donors (Lipinski definition) is 1. The van der Waals surface area contributed by atoms with E-state index in [4.69, 9.17) is 0 Å². The molecule has 1 aliphatic rings. The molecule has 0 radical (unpaired) electrons. The number of hydrogen-bond acceptors (Lipinski definition) is 5. The lowest BCUT2D eigenvalue weighted by atomic mass is 9.90. The summed E-state index contributed by atoms with van der Waals surface area (Å²) in [5.41, 5.74) is 0.409. The van der Waals surface area contributed by atoms with Crippen LogP contribution < -0.4 is 0 Å². The number of carbonyl (C=O) groups is 2. The molecule has 22 heavy (non-hydrogen) atoms. The first-order valence-corrected chi connectivity index (χ1v) is 8.87. The Labute approximate surface area is 136 Å². The second-order valence-corrected chi connectivity index (χ2v) is 7.15. The normalized spacial score (nSPS) is 21.8. The van der Waals surface area contributed by atoms with Crippen molar-refractivity contribution in [2.45, 2.75) is 25.8 Å². The molecule has 3 heterocycles. The number of thiophene rings is 1. The minimum absolute atomic E-state index is 0.169. The molecule has 116 valence electrons. The molecule has 0 unspecified atom stereocenters. The average Bonchev–Trinajstić information content (AvgIpc) is 3.17. The molecule has 2 aromatic rings. The molecule has 0 aliphatic carbocycles. The van der Waals surface area contributed by atoms with Crippen LogP contribution in [0, 0.1) is 5.92 Å². The molecule has 0 saturated carbocycles. The van der Waals surface area contributed by atoms with Crippen molar-refractivity contribution in [3.05, 3.63) is 28.6 Å². The van der Waals surface area contributed by atoms with Crippen LogP contribution in [0.3, 0.4) is 0 Å². The molecule has 1 saturated heterocycles. The monoisotopic (exact) mass is 336 g/mol. The largest absolute Gasteiger partial charge is 0.481 e. The summed E-state index contributed by atoms with van der Waals surface area (Å²) in [4.78, 5) is 31.0. The van der Waals surface area contributed by atoms with Gasteiger partial charge in [0.1, 0.15) is 10.7 Å². The zero-order valence-electron chi connectivity index (χ0n) is 12.1. The minimum Gasteiger partial charge on any atom is -0.481 e. The van der Waals surface area contributed by atoms with Gasteiger partial charge in [0.15, 0.2) is 0 Å². The smallest absolute Gasteiger partial charge is 0.308 e. The Morgan fingerprint density at radius 1 is 1.41 bits per heavy atom. The maximum absolute atomic E-state index is 12.6. The Bertz CT molecular complexity index is 681. The summed E-state index contributed by atoms with van der Waals surface area (Å²) in [6, 6.07) is 3.63. The van der Waals surface area contributed by atoms with Gasteiger partial charge < -0.3 is 10.0 Å². The third kappa shape index (κ3) is 2.78. The van der Waals surface area contributed by atoms with Crippen molar-refractivity contribution in [1.29, 1.82) is 0 Å². The van der Waals surface area contributed by atoms with Crippen molar-refractivity contribution >= 4 is 34.6 Å². The summed E-state index contributed by atoms with van der Waals surface area (Å²) in [5.74, 6) is -1.49. The lowest BCUT2D eigenvalue weighted by molar-refractivity contribution is -0.144. The molecule has 7 heteroatoms. The van der Waals surface area contributed by atoms with Gasteiger partial charge in [-0.1, -0.05) is 6.07 Å². The lowest BCUT2D eigenvalue weighted by Crippen LogP contribution is -2.49. The molecule has 0 aromatic carbocycles. The van der Waals surface area contributed by atoms with E-state index < -0.39 is 11.9 Å². The number of piperidine rings is 1. The summed E-state index contributed by atoms with van der Waals surface area (Å²) < 4.78 is 0. The third-order valence-electron chi connectivity index (χ3n) is 4.02. The van der Waals surface area contributed by atoms with E-state index in [1.165, 1.54) is 11.3 Å². The van der Waals surface area contributed by atoms with E-state index in [0.29, 0.717) is 18.7 Å². The second-order valence-electron chi connectivity index (χ2n) is 5.34. The predicted octanol–water partition coefficient (Wildman–Crippen LogP) is 3.20. The lowest BCUT2D eigenvalue weighted by Gasteiger charge is -2.37. The maximum atomic E-state index is 12.6. The Hall–Kier alpha value is -1.73. The molecule has 3 rings (SSSR count). The number of carboxylic acid groups (broad SMARTS) is 1. The number of likely N-dealkylation sites (tertiary alicyclic amines) is 1. The Morgan fingerprint density at radius 3 is 2.91 bits per heavy atom. The van der Waals surface area contributed by atoms with Crippen molar-refractivity contribution in [3.8, 4) is 9.88 Å². The van der Waals surface area contributed by atoms with Crippen LogP contribution in [-0.4, -0.2) is 39.5 Å². The first kappa shape index (κ1) is 15.2. The SMILES string of the molecule is C[C@@H]1[C@H](C(=O)O)CCCN1C(=O)c1csc(-c2cccs2)n1. The highest BCUT2D eigenvalue weighted by atomic mass is 32.1. The molecule has 1 fully saturated rings. The van der Waals surface area contributed by atoms with Crippen LogP contribution in [0.5, 0.6) is 0 Å². The Morgan fingerprint density at radius 2 is 2.23 bits per heavy atom. The highest BCUT2D eigenvalue weighted by Gasteiger charge is 2.36. The van der Waals surface area contributed by atoms with Gasteiger partial charge in [-0.15, -0.1) is 22.7 Å². The Balaban J connectivity index is 1.80. The first-order valence-electron chi connectivity index (χ1n) is 7.11. The fourth-order valence-corrected chi connectivity index (χ4v) is 4.40. The molecule has 2 atom stereocenters. The van der Waals surface area contributed by atoms with Gasteiger partial charge in [-0.05, 0) is 31.2 Å². The summed E-state index contributed by atoms with van der Waals surface area (Å²) in [6.07, 6.45) is 1.34. The van der Waals surface area contributed by atoms with Crippen LogP contribution >= 0.6 is 22.7 Å². The molecule has 0 spiro atoms. The zero-order valence-corrected chi connectivity index (χ0v) is 13.7. The van der Waals surface area contributed by atoms with Gasteiger partial charge in [0.25, 0.3) is 5.91 Å². The molecular formula is C15H16N2O3S2. The van der Waals surface area contributed by atoms with Gasteiger partial charge in [-0.2, -0.15) is 0 Å². The number of rotatable bonds is 3. The number of aliphatic carboxylic acids is 1. The fourth-order valence-electron chi connectivity index (χ4n) is 2.79. The topological polar surface area (TPSA) is 70.5 Å². The number of amides is 1. The van der Waals surface area contributed by atoms with E-state index in [2.05, 4.69) is 4.98 Å². The summed E-state index contributed by atoms with van der Waals surface area (Å²) >= 11 is 3.03. The van der Waals surface area contributed by atoms with Crippen LogP contribution in [0.25, 0.3) is 9.88 Å². The van der Waals surface area contributed by atoms with Gasteiger partial charge in [-0.3, -0.25) is 9.59 Å². The Kier molecular flexibility index (Phi) is 4.26. The number of nitrogens with zero attached hydrogens (tertiary/aromatic N) is 2. The van der Waals surface area contributed by atoms with Gasteiger partial charge in [0.2, 0.25) is 0 Å². The molecule has 1 N–H and O–H groups in total. The second kappa shape index (κ2) is 6.18. The van der Waals surface area contributed by atoms with Crippen molar-refractivity contribution in [2.24, 2.45) is 5.92 Å². The molecular weight excluding hydrogens is 320 g/mol. The van der Waals surface area contributed by atoms with Crippen LogP contribution in [0.1, 0.15) is 30.3 Å². The molecule has 2 aromatic heterocycles. The predicted molar refractivity (Wildman–Crippen MR) is 86.3 cm³/mol. The van der Waals surface area contributed by atoms with E-state index in [0.717, 1.165) is 16.3 Å². The zero-order chi connectivity index (χ0) is 15.7. The molecule has 5 nitrogen and oxygen atoms in total. The molecule has 0 bridgehead atoms. The standard InChI is InChI=1S/C15H16N2O3S2/c1-9-10(15(19)20)4-2-6-17(9)14(18)11-8-22-13(16-11)12-5-3-7-21-12/h3,5,7-10H,2,4,6H2,1H3,(H,19,20)/t9-,10-/m1/s1. The van der Waals surface area contributed by atoms with E-state index >= 15 is 0 Å². The van der Waals surface area contributed by atoms with E-state index in [-0.39, 0.29) is 11.9 Å². The average molecular weight is 336 g/mol. The van der Waals surface area contributed by atoms with Gasteiger partial charge >= 0.3 is 5.97 Å². The fraction of sp³-hybridized carbons (Fsp3) is 0.400. The van der Waals surface area contributed by atoms with Crippen LogP contribution in [0.4, 0.5) is 0 Å². The van der Waals surface area contributed by atoms with Gasteiger partial charge in [0.05, 0.1) is 10.8 Å². The summed E-state index contributed by atoms with van der Waals surface area (Å²) in [5, 5.41) is 13.8. The number of carbonyl (C=O) groups excluding carboxylic acids is 1. The van der Waals surface area contributed by atoms with E-state index in [9.17, 15) is 14.7 Å².